The van der Waals surface area contributed by atoms with Crippen LogP contribution in [0, 0.1) is 0 Å². The number of amides is 1. The van der Waals surface area contributed by atoms with Crippen molar-refractivity contribution in [3.63, 3.8) is 0 Å². The van der Waals surface area contributed by atoms with Gasteiger partial charge in [0, 0.05) is 12.4 Å². The highest BCUT2D eigenvalue weighted by Gasteiger charge is 2.19. The minimum Gasteiger partial charge on any atom is -0.396 e. The molecule has 0 spiro atoms. The van der Waals surface area contributed by atoms with Crippen molar-refractivity contribution in [2.45, 2.75) is 0 Å². The fourth-order valence-electron chi connectivity index (χ4n) is 1.61. The fourth-order valence-corrected chi connectivity index (χ4v) is 1.83. The number of H-pyrrole nitrogens is 1. The van der Waals surface area contributed by atoms with Crippen molar-refractivity contribution in [1.82, 2.24) is 10.0 Å². The zero-order chi connectivity index (χ0) is 12.6. The largest absolute Gasteiger partial charge is 0.396 e. The number of hydrogen-bond acceptors (Lipinski definition) is 3. The number of hydrogen-bond donors (Lipinski definition) is 2. The van der Waals surface area contributed by atoms with Crippen molar-refractivity contribution in [2.75, 3.05) is 19.9 Å². The molecule has 1 aromatic heterocycles. The first kappa shape index (κ1) is 11.8. The molecule has 0 radical (unpaired) electrons. The average Bonchev–Trinajstić information content (AvgIpc) is 2.67. The van der Waals surface area contributed by atoms with Gasteiger partial charge in [0.1, 0.15) is 5.69 Å². The van der Waals surface area contributed by atoms with Gasteiger partial charge in [-0.25, -0.2) is 5.06 Å². The Kier molecular flexibility index (Phi) is 2.95. The summed E-state index contributed by atoms with van der Waals surface area (Å²) >= 11 is 6.02. The van der Waals surface area contributed by atoms with Gasteiger partial charge in [-0.1, -0.05) is 23.7 Å². The number of aromatic nitrogens is 1. The highest BCUT2D eigenvalue weighted by atomic mass is 35.5. The standard InChI is InChI=1S/C11H12ClN3O2/c1-15(17-2)11(16)10-8(13)6-4-3-5-7(12)9(6)14-10/h3-5,14H,13H2,1-2H3. The maximum absolute atomic E-state index is 11.9. The van der Waals surface area contributed by atoms with Crippen LogP contribution in [0.25, 0.3) is 10.9 Å². The Labute approximate surface area is 103 Å². The number of para-hydroxylation sites is 1. The molecule has 0 atom stereocenters. The molecule has 90 valence electrons. The molecule has 0 saturated heterocycles. The van der Waals surface area contributed by atoms with Gasteiger partial charge in [-0.05, 0) is 6.07 Å². The van der Waals surface area contributed by atoms with E-state index in [-0.39, 0.29) is 11.6 Å². The first-order chi connectivity index (χ1) is 8.06. The summed E-state index contributed by atoms with van der Waals surface area (Å²) in [6.07, 6.45) is 0. The quantitative estimate of drug-likeness (QED) is 0.805. The van der Waals surface area contributed by atoms with Gasteiger partial charge >= 0.3 is 0 Å². The molecule has 0 bridgehead atoms. The van der Waals surface area contributed by atoms with Gasteiger partial charge in [-0.2, -0.15) is 0 Å². The number of benzene rings is 1. The number of hydroxylamine groups is 2. The second-order valence-corrected chi connectivity index (χ2v) is 3.97. The number of nitrogens with zero attached hydrogens (tertiary/aromatic N) is 1. The molecular weight excluding hydrogens is 242 g/mol. The zero-order valence-electron chi connectivity index (χ0n) is 9.45. The van der Waals surface area contributed by atoms with E-state index < -0.39 is 0 Å². The highest BCUT2D eigenvalue weighted by Crippen LogP contribution is 2.30. The lowest BCUT2D eigenvalue weighted by molar-refractivity contribution is -0.0759. The van der Waals surface area contributed by atoms with E-state index in [4.69, 9.17) is 22.2 Å². The van der Waals surface area contributed by atoms with E-state index >= 15 is 0 Å². The van der Waals surface area contributed by atoms with Crippen molar-refractivity contribution >= 4 is 34.1 Å². The van der Waals surface area contributed by atoms with Gasteiger partial charge in [0.25, 0.3) is 5.91 Å². The maximum atomic E-state index is 11.9. The minimum atomic E-state index is -0.350. The molecule has 3 N–H and O–H groups in total. The smallest absolute Gasteiger partial charge is 0.295 e. The van der Waals surface area contributed by atoms with E-state index in [0.29, 0.717) is 16.2 Å². The van der Waals surface area contributed by atoms with E-state index in [2.05, 4.69) is 4.98 Å². The second-order valence-electron chi connectivity index (χ2n) is 3.56. The average molecular weight is 254 g/mol. The number of anilines is 1. The molecule has 0 fully saturated rings. The Hall–Kier alpha value is -1.72. The van der Waals surface area contributed by atoms with Crippen molar-refractivity contribution in [2.24, 2.45) is 0 Å². The lowest BCUT2D eigenvalue weighted by atomic mass is 10.2. The van der Waals surface area contributed by atoms with Gasteiger partial charge in [0.2, 0.25) is 0 Å². The van der Waals surface area contributed by atoms with Crippen LogP contribution in [0.3, 0.4) is 0 Å². The Bertz CT molecular complexity index is 579. The summed E-state index contributed by atoms with van der Waals surface area (Å²) in [6.45, 7) is 0. The molecule has 1 amide bonds. The predicted octanol–water partition coefficient (Wildman–Crippen LogP) is 2.04. The summed E-state index contributed by atoms with van der Waals surface area (Å²) in [5.41, 5.74) is 7.21. The van der Waals surface area contributed by atoms with Gasteiger partial charge in [-0.15, -0.1) is 0 Å². The van der Waals surface area contributed by atoms with Crippen LogP contribution in [0.5, 0.6) is 0 Å². The van der Waals surface area contributed by atoms with Crippen LogP contribution in [-0.4, -0.2) is 30.1 Å². The molecule has 0 unspecified atom stereocenters. The van der Waals surface area contributed by atoms with Crippen LogP contribution < -0.4 is 5.73 Å². The Morgan fingerprint density at radius 2 is 2.24 bits per heavy atom. The Morgan fingerprint density at radius 1 is 1.53 bits per heavy atom. The third-order valence-corrected chi connectivity index (χ3v) is 2.91. The van der Waals surface area contributed by atoms with E-state index in [9.17, 15) is 4.79 Å². The summed E-state index contributed by atoms with van der Waals surface area (Å²) in [5.74, 6) is -0.350. The number of carbonyl (C=O) groups excluding carboxylic acids is 1. The van der Waals surface area contributed by atoms with Crippen molar-refractivity contribution in [1.29, 1.82) is 0 Å². The number of nitrogens with two attached hydrogens (primary N) is 1. The molecule has 0 aliphatic heterocycles. The Balaban J connectivity index is 2.60. The number of nitrogen functional groups attached to an aromatic ring is 1. The van der Waals surface area contributed by atoms with Crippen LogP contribution in [0.4, 0.5) is 5.69 Å². The molecular formula is C11H12ClN3O2. The van der Waals surface area contributed by atoms with E-state index in [1.807, 2.05) is 0 Å². The number of nitrogens with one attached hydrogen (secondary N) is 1. The topological polar surface area (TPSA) is 71.3 Å². The number of fused-ring (bicyclic) bond motifs is 1. The van der Waals surface area contributed by atoms with E-state index in [1.165, 1.54) is 14.2 Å². The highest BCUT2D eigenvalue weighted by molar-refractivity contribution is 6.35. The fraction of sp³-hybridized carbons (Fsp3) is 0.182. The molecule has 0 aliphatic rings. The van der Waals surface area contributed by atoms with Gasteiger partial charge < -0.3 is 10.7 Å². The number of carbonyl (C=O) groups is 1. The molecule has 1 aromatic carbocycles. The van der Waals surface area contributed by atoms with Crippen LogP contribution in [0.1, 0.15) is 10.5 Å². The van der Waals surface area contributed by atoms with Gasteiger partial charge in [0.15, 0.2) is 0 Å². The van der Waals surface area contributed by atoms with Gasteiger partial charge in [0.05, 0.1) is 23.3 Å². The SMILES string of the molecule is CON(C)C(=O)c1[nH]c2c(Cl)cccc2c1N. The first-order valence-corrected chi connectivity index (χ1v) is 5.32. The number of aromatic amines is 1. The summed E-state index contributed by atoms with van der Waals surface area (Å²) < 4.78 is 0. The minimum absolute atomic E-state index is 0.275. The van der Waals surface area contributed by atoms with E-state index in [0.717, 1.165) is 10.4 Å². The first-order valence-electron chi connectivity index (χ1n) is 4.94. The second kappa shape index (κ2) is 4.27. The lowest BCUT2D eigenvalue weighted by Gasteiger charge is -2.12. The summed E-state index contributed by atoms with van der Waals surface area (Å²) in [6, 6.07) is 5.31. The maximum Gasteiger partial charge on any atom is 0.295 e. The van der Waals surface area contributed by atoms with Gasteiger partial charge in [-0.3, -0.25) is 9.63 Å². The third kappa shape index (κ3) is 1.83. The lowest BCUT2D eigenvalue weighted by Crippen LogP contribution is -2.26. The van der Waals surface area contributed by atoms with Crippen LogP contribution in [0.15, 0.2) is 18.2 Å². The van der Waals surface area contributed by atoms with Crippen molar-refractivity contribution in [3.05, 3.63) is 28.9 Å². The summed E-state index contributed by atoms with van der Waals surface area (Å²) in [4.78, 5) is 19.7. The monoisotopic (exact) mass is 253 g/mol. The molecule has 0 saturated carbocycles. The normalized spacial score (nSPS) is 10.8. The summed E-state index contributed by atoms with van der Waals surface area (Å²) in [5, 5.41) is 2.34. The molecule has 1 heterocycles. The number of halogens is 1. The molecule has 17 heavy (non-hydrogen) atoms. The van der Waals surface area contributed by atoms with Crippen molar-refractivity contribution < 1.29 is 9.63 Å². The van der Waals surface area contributed by atoms with Crippen LogP contribution >= 0.6 is 11.6 Å². The zero-order valence-corrected chi connectivity index (χ0v) is 10.2. The molecule has 0 aliphatic carbocycles. The third-order valence-electron chi connectivity index (χ3n) is 2.60. The Morgan fingerprint density at radius 3 is 2.82 bits per heavy atom. The molecule has 5 nitrogen and oxygen atoms in total. The van der Waals surface area contributed by atoms with Crippen LogP contribution in [-0.2, 0) is 4.84 Å². The molecule has 6 heteroatoms. The molecule has 2 aromatic rings. The number of rotatable bonds is 2. The van der Waals surface area contributed by atoms with E-state index in [1.54, 1.807) is 18.2 Å². The van der Waals surface area contributed by atoms with Crippen LogP contribution in [0.2, 0.25) is 5.02 Å². The summed E-state index contributed by atoms with van der Waals surface area (Å²) in [7, 11) is 2.92. The molecule has 2 rings (SSSR count). The predicted molar refractivity (Wildman–Crippen MR) is 66.8 cm³/mol. The van der Waals surface area contributed by atoms with Crippen molar-refractivity contribution in [3.8, 4) is 0 Å².